The molecule has 14 heteroatoms. The summed E-state index contributed by atoms with van der Waals surface area (Å²) in [4.78, 5) is 30.6. The number of carbonyl (C=O) groups excluding carboxylic acids is 2. The van der Waals surface area contributed by atoms with Gasteiger partial charge >= 0.3 is 0 Å². The van der Waals surface area contributed by atoms with Crippen LogP contribution in [-0.2, 0) is 26.3 Å². The maximum absolute atomic E-state index is 13.4. The van der Waals surface area contributed by atoms with E-state index in [-0.39, 0.29) is 29.5 Å². The number of benzene rings is 2. The van der Waals surface area contributed by atoms with E-state index in [0.717, 1.165) is 20.8 Å². The van der Waals surface area contributed by atoms with E-state index in [9.17, 15) is 26.8 Å². The van der Waals surface area contributed by atoms with Crippen LogP contribution >= 0.6 is 22.9 Å². The van der Waals surface area contributed by atoms with Crippen molar-refractivity contribution in [1.29, 1.82) is 0 Å². The molecule has 3 N–H and O–H groups in total. The Kier molecular flexibility index (Phi) is 7.66. The number of aromatic nitrogens is 1. The molecule has 1 fully saturated rings. The number of amides is 2. The summed E-state index contributed by atoms with van der Waals surface area (Å²) in [5.41, 5.74) is 0.948. The monoisotopic (exact) mass is 555 g/mol. The molecule has 1 aromatic heterocycles. The first-order valence-electron chi connectivity index (χ1n) is 10.5. The number of halogens is 3. The van der Waals surface area contributed by atoms with Crippen LogP contribution in [0.5, 0.6) is 0 Å². The van der Waals surface area contributed by atoms with Crippen molar-refractivity contribution < 1.29 is 26.8 Å². The lowest BCUT2D eigenvalue weighted by Crippen LogP contribution is -2.62. The van der Waals surface area contributed by atoms with E-state index in [0.29, 0.717) is 5.01 Å². The lowest BCUT2D eigenvalue weighted by molar-refractivity contribution is -0.124. The molecule has 0 spiro atoms. The summed E-state index contributed by atoms with van der Waals surface area (Å²) in [6, 6.07) is 7.02. The van der Waals surface area contributed by atoms with E-state index in [1.807, 2.05) is 0 Å². The third-order valence-electron chi connectivity index (χ3n) is 5.47. The number of thiazole rings is 1. The molecule has 2 unspecified atom stereocenters. The number of rotatable bonds is 6. The molecule has 0 radical (unpaired) electrons. The molecule has 2 amide bonds. The molecule has 0 aliphatic carbocycles. The smallest absolute Gasteiger partial charge is 0.280 e. The zero-order valence-electron chi connectivity index (χ0n) is 18.7. The molecule has 0 bridgehead atoms. The molecule has 190 valence electrons. The minimum absolute atomic E-state index is 0.0315. The van der Waals surface area contributed by atoms with Crippen LogP contribution in [0.1, 0.15) is 11.4 Å². The molecule has 1 saturated heterocycles. The van der Waals surface area contributed by atoms with Gasteiger partial charge in [-0.2, -0.15) is 17.4 Å². The number of nitrogens with zero attached hydrogens (tertiary/aromatic N) is 2. The Balaban J connectivity index is 1.41. The first kappa shape index (κ1) is 26.1. The maximum atomic E-state index is 13.4. The second-order valence-electron chi connectivity index (χ2n) is 7.90. The van der Waals surface area contributed by atoms with E-state index in [1.165, 1.54) is 42.6 Å². The average Bonchev–Trinajstić information content (AvgIpc) is 3.31. The van der Waals surface area contributed by atoms with E-state index in [4.69, 9.17) is 11.6 Å². The lowest BCUT2D eigenvalue weighted by Gasteiger charge is -2.35. The molecule has 9 nitrogen and oxygen atoms in total. The molecule has 2 aromatic carbocycles. The van der Waals surface area contributed by atoms with Crippen molar-refractivity contribution in [2.24, 2.45) is 0 Å². The van der Waals surface area contributed by atoms with Crippen LogP contribution in [0, 0.1) is 11.6 Å². The van der Waals surface area contributed by atoms with Crippen molar-refractivity contribution in [2.75, 3.05) is 12.4 Å². The Labute approximate surface area is 214 Å². The highest BCUT2D eigenvalue weighted by Gasteiger charge is 2.42. The van der Waals surface area contributed by atoms with E-state index < -0.39 is 39.9 Å². The van der Waals surface area contributed by atoms with Gasteiger partial charge in [0.1, 0.15) is 28.7 Å². The predicted octanol–water partition coefficient (Wildman–Crippen LogP) is 2.90. The van der Waals surface area contributed by atoms with Crippen molar-refractivity contribution in [3.8, 4) is 10.4 Å². The number of hydrogen-bond donors (Lipinski definition) is 3. The zero-order valence-corrected chi connectivity index (χ0v) is 21.1. The van der Waals surface area contributed by atoms with E-state index in [1.54, 1.807) is 18.3 Å². The molecule has 3 aromatic rings. The van der Waals surface area contributed by atoms with Crippen molar-refractivity contribution in [3.63, 3.8) is 0 Å². The van der Waals surface area contributed by atoms with Crippen LogP contribution in [0.3, 0.4) is 0 Å². The molecule has 36 heavy (non-hydrogen) atoms. The van der Waals surface area contributed by atoms with Crippen LogP contribution in [0.25, 0.3) is 10.4 Å². The van der Waals surface area contributed by atoms with Gasteiger partial charge in [-0.25, -0.2) is 13.8 Å². The molecular formula is C22H20ClF2N5O4S2. The summed E-state index contributed by atoms with van der Waals surface area (Å²) in [5.74, 6) is -2.36. The van der Waals surface area contributed by atoms with Gasteiger partial charge in [0.05, 0.1) is 16.4 Å². The molecule has 1 aliphatic rings. The van der Waals surface area contributed by atoms with Crippen molar-refractivity contribution in [3.05, 3.63) is 70.3 Å². The quantitative estimate of drug-likeness (QED) is 0.432. The molecule has 1 aliphatic heterocycles. The highest BCUT2D eigenvalue weighted by molar-refractivity contribution is 7.87. The summed E-state index contributed by atoms with van der Waals surface area (Å²) in [5, 5.41) is 5.48. The van der Waals surface area contributed by atoms with Gasteiger partial charge in [0.25, 0.3) is 10.2 Å². The zero-order chi connectivity index (χ0) is 26.0. The van der Waals surface area contributed by atoms with E-state index >= 15 is 0 Å². The van der Waals surface area contributed by atoms with Gasteiger partial charge in [0, 0.05) is 18.9 Å². The third-order valence-corrected chi connectivity index (χ3v) is 8.40. The Morgan fingerprint density at radius 3 is 2.61 bits per heavy atom. The molecular weight excluding hydrogens is 536 g/mol. The third kappa shape index (κ3) is 5.87. The van der Waals surface area contributed by atoms with Crippen LogP contribution < -0.4 is 15.4 Å². The van der Waals surface area contributed by atoms with Crippen LogP contribution in [0.2, 0.25) is 5.02 Å². The fourth-order valence-corrected chi connectivity index (χ4v) is 5.80. The minimum atomic E-state index is -4.14. The van der Waals surface area contributed by atoms with Gasteiger partial charge in [-0.1, -0.05) is 23.7 Å². The number of nitrogens with one attached hydrogen (secondary N) is 3. The van der Waals surface area contributed by atoms with E-state index in [2.05, 4.69) is 20.3 Å². The first-order valence-corrected chi connectivity index (χ1v) is 13.2. The Hall–Kier alpha value is -2.97. The summed E-state index contributed by atoms with van der Waals surface area (Å²) in [7, 11) is -2.93. The topological polar surface area (TPSA) is 120 Å². The summed E-state index contributed by atoms with van der Waals surface area (Å²) >= 11 is 7.03. The highest BCUT2D eigenvalue weighted by Crippen LogP contribution is 2.26. The Morgan fingerprint density at radius 2 is 1.92 bits per heavy atom. The second kappa shape index (κ2) is 10.6. The van der Waals surface area contributed by atoms with Crippen molar-refractivity contribution in [1.82, 2.24) is 19.3 Å². The van der Waals surface area contributed by atoms with Crippen LogP contribution in [0.15, 0.2) is 48.7 Å². The predicted molar refractivity (Wildman–Crippen MR) is 131 cm³/mol. The SMILES string of the molecule is CN1C(C(=O)Nc2ccc(F)c(Cl)c2)CC(C(=O)NCc2ncc(-c3ccc(F)cc3)s2)NS1(=O)=O. The lowest BCUT2D eigenvalue weighted by atomic mass is 10.1. The number of carbonyl (C=O) groups is 2. The molecule has 2 atom stereocenters. The van der Waals surface area contributed by atoms with Gasteiger partial charge < -0.3 is 10.6 Å². The van der Waals surface area contributed by atoms with Gasteiger partial charge in [-0.05, 0) is 42.3 Å². The Bertz CT molecular complexity index is 1400. The number of hydrogen-bond acceptors (Lipinski definition) is 6. The first-order chi connectivity index (χ1) is 17.0. The maximum Gasteiger partial charge on any atom is 0.280 e. The number of anilines is 1. The average molecular weight is 556 g/mol. The fourth-order valence-electron chi connectivity index (χ4n) is 3.51. The van der Waals surface area contributed by atoms with Gasteiger partial charge in [-0.3, -0.25) is 9.59 Å². The molecule has 2 heterocycles. The highest BCUT2D eigenvalue weighted by atomic mass is 35.5. The largest absolute Gasteiger partial charge is 0.348 e. The minimum Gasteiger partial charge on any atom is -0.348 e. The molecule has 0 saturated carbocycles. The number of likely N-dealkylation sites (N-methyl/N-ethyl adjacent to an activating group) is 1. The van der Waals surface area contributed by atoms with Crippen LogP contribution in [0.4, 0.5) is 14.5 Å². The van der Waals surface area contributed by atoms with Gasteiger partial charge in [0.15, 0.2) is 0 Å². The summed E-state index contributed by atoms with van der Waals surface area (Å²) in [6.45, 7) is 0.0315. The van der Waals surface area contributed by atoms with Gasteiger partial charge in [0.2, 0.25) is 11.8 Å². The Morgan fingerprint density at radius 1 is 1.19 bits per heavy atom. The van der Waals surface area contributed by atoms with Crippen molar-refractivity contribution in [2.45, 2.75) is 25.0 Å². The summed E-state index contributed by atoms with van der Waals surface area (Å²) in [6.07, 6.45) is 1.45. The standard InChI is InChI=1S/C22H20ClF2N5O4S2/c1-30-18(22(32)28-14-6-7-16(25)15(23)8-14)9-17(29-36(30,33)34)21(31)27-11-20-26-10-19(35-20)12-2-4-13(24)5-3-12/h2-8,10,17-18,29H,9,11H2,1H3,(H,27,31)(H,28,32). The van der Waals surface area contributed by atoms with Crippen molar-refractivity contribution >= 4 is 50.6 Å². The normalized spacial score (nSPS) is 19.6. The fraction of sp³-hybridized carbons (Fsp3) is 0.227. The van der Waals surface area contributed by atoms with Gasteiger partial charge in [-0.15, -0.1) is 11.3 Å². The van der Waals surface area contributed by atoms with Crippen LogP contribution in [-0.4, -0.2) is 48.7 Å². The summed E-state index contributed by atoms with van der Waals surface area (Å²) < 4.78 is 54.7. The molecule has 4 rings (SSSR count). The second-order valence-corrected chi connectivity index (χ2v) is 11.2.